The summed E-state index contributed by atoms with van der Waals surface area (Å²) in [5, 5.41) is 0. The molecule has 1 aromatic carbocycles. The van der Waals surface area contributed by atoms with Gasteiger partial charge in [-0.15, -0.1) is 12.4 Å². The summed E-state index contributed by atoms with van der Waals surface area (Å²) >= 11 is 0. The lowest BCUT2D eigenvalue weighted by Crippen LogP contribution is -1.96. The molecule has 98 valence electrons. The van der Waals surface area contributed by atoms with Gasteiger partial charge in [-0.1, -0.05) is 17.7 Å². The summed E-state index contributed by atoms with van der Waals surface area (Å²) in [5.41, 5.74) is 0.956. The van der Waals surface area contributed by atoms with Crippen LogP contribution in [0.4, 0.5) is 0 Å². The number of benzene rings is 1. The zero-order valence-electron chi connectivity index (χ0n) is 9.63. The molecule has 1 fully saturated rings. The van der Waals surface area contributed by atoms with Crippen molar-refractivity contribution in [3.63, 3.8) is 0 Å². The van der Waals surface area contributed by atoms with E-state index in [4.69, 9.17) is 9.29 Å². The Hall–Kier alpha value is -0.620. The van der Waals surface area contributed by atoms with Gasteiger partial charge in [0.15, 0.2) is 0 Å². The second kappa shape index (κ2) is 7.66. The van der Waals surface area contributed by atoms with Crippen LogP contribution in [-0.4, -0.2) is 26.2 Å². The second-order valence-corrected chi connectivity index (χ2v) is 5.03. The minimum Gasteiger partial charge on any atom is -0.381 e. The second-order valence-electron chi connectivity index (χ2n) is 3.61. The van der Waals surface area contributed by atoms with Gasteiger partial charge in [0.25, 0.3) is 10.1 Å². The van der Waals surface area contributed by atoms with E-state index in [-0.39, 0.29) is 17.3 Å². The van der Waals surface area contributed by atoms with Crippen LogP contribution in [0.2, 0.25) is 0 Å². The monoisotopic (exact) mass is 280 g/mol. The molecule has 0 bridgehead atoms. The number of rotatable bonds is 1. The van der Waals surface area contributed by atoms with Crippen LogP contribution >= 0.6 is 12.4 Å². The molecule has 1 aromatic rings. The molecule has 6 heteroatoms. The van der Waals surface area contributed by atoms with E-state index < -0.39 is 10.1 Å². The van der Waals surface area contributed by atoms with Crippen molar-refractivity contribution in [3.8, 4) is 0 Å². The Morgan fingerprint density at radius 1 is 1.12 bits per heavy atom. The average molecular weight is 281 g/mol. The Labute approximate surface area is 108 Å². The van der Waals surface area contributed by atoms with Crippen LogP contribution in [0.3, 0.4) is 0 Å². The molecule has 0 unspecified atom stereocenters. The standard InChI is InChI=1S/C7H8O3S.C4H8O.ClH/c1-6-2-4-7(5-3-6)11(8,9)10;1-2-4-5-3-1;/h2-5H,1H3,(H,8,9,10);1-4H2;1H. The molecule has 1 heterocycles. The quantitative estimate of drug-likeness (QED) is 0.803. The molecular weight excluding hydrogens is 264 g/mol. The number of aryl methyl sites for hydroxylation is 1. The van der Waals surface area contributed by atoms with Crippen molar-refractivity contribution in [3.05, 3.63) is 29.8 Å². The predicted molar refractivity (Wildman–Crippen MR) is 68.3 cm³/mol. The highest BCUT2D eigenvalue weighted by molar-refractivity contribution is 7.85. The van der Waals surface area contributed by atoms with Crippen molar-refractivity contribution in [1.82, 2.24) is 0 Å². The normalized spacial score (nSPS) is 14.5. The van der Waals surface area contributed by atoms with Gasteiger partial charge in [-0.05, 0) is 31.9 Å². The molecular formula is C11H17ClO4S. The lowest BCUT2D eigenvalue weighted by atomic mass is 10.2. The fourth-order valence-corrected chi connectivity index (χ4v) is 1.70. The largest absolute Gasteiger partial charge is 0.381 e. The van der Waals surface area contributed by atoms with Crippen LogP contribution in [0, 0.1) is 6.92 Å². The Balaban J connectivity index is 0.000000360. The maximum absolute atomic E-state index is 10.5. The van der Waals surface area contributed by atoms with Gasteiger partial charge in [0.05, 0.1) is 4.90 Å². The Bertz CT molecular complexity index is 402. The van der Waals surface area contributed by atoms with Crippen molar-refractivity contribution < 1.29 is 17.7 Å². The van der Waals surface area contributed by atoms with E-state index >= 15 is 0 Å². The van der Waals surface area contributed by atoms with Crippen molar-refractivity contribution in [2.75, 3.05) is 13.2 Å². The fourth-order valence-electron chi connectivity index (χ4n) is 1.22. The number of halogens is 1. The molecule has 0 aliphatic carbocycles. The Morgan fingerprint density at radius 3 is 1.88 bits per heavy atom. The Morgan fingerprint density at radius 2 is 1.59 bits per heavy atom. The zero-order chi connectivity index (χ0) is 12.0. The Kier molecular flexibility index (Phi) is 7.38. The van der Waals surface area contributed by atoms with E-state index in [1.54, 1.807) is 12.1 Å². The van der Waals surface area contributed by atoms with Crippen molar-refractivity contribution >= 4 is 22.5 Å². The lowest BCUT2D eigenvalue weighted by molar-refractivity contribution is 0.198. The van der Waals surface area contributed by atoms with Crippen molar-refractivity contribution in [1.29, 1.82) is 0 Å². The van der Waals surface area contributed by atoms with Gasteiger partial charge in [-0.2, -0.15) is 8.42 Å². The maximum Gasteiger partial charge on any atom is 0.294 e. The molecule has 0 amide bonds. The zero-order valence-corrected chi connectivity index (χ0v) is 11.3. The summed E-state index contributed by atoms with van der Waals surface area (Å²) < 4.78 is 34.5. The van der Waals surface area contributed by atoms with Gasteiger partial charge >= 0.3 is 0 Å². The van der Waals surface area contributed by atoms with Gasteiger partial charge in [-0.3, -0.25) is 4.55 Å². The number of hydrogen-bond donors (Lipinski definition) is 1. The first-order chi connectivity index (χ1) is 7.50. The van der Waals surface area contributed by atoms with E-state index in [1.165, 1.54) is 25.0 Å². The molecule has 1 N–H and O–H groups in total. The highest BCUT2D eigenvalue weighted by Crippen LogP contribution is 2.08. The summed E-state index contributed by atoms with van der Waals surface area (Å²) in [6, 6.07) is 5.99. The van der Waals surface area contributed by atoms with E-state index in [9.17, 15) is 8.42 Å². The third-order valence-corrected chi connectivity index (χ3v) is 3.01. The average Bonchev–Trinajstić information content (AvgIpc) is 2.74. The molecule has 1 aliphatic heterocycles. The summed E-state index contributed by atoms with van der Waals surface area (Å²) in [6.45, 7) is 3.84. The van der Waals surface area contributed by atoms with Crippen LogP contribution in [0.1, 0.15) is 18.4 Å². The first kappa shape index (κ1) is 16.4. The SMILES string of the molecule is C1CCOC1.Cc1ccc(S(=O)(=O)O)cc1.Cl. The first-order valence-corrected chi connectivity index (χ1v) is 6.56. The number of hydrogen-bond acceptors (Lipinski definition) is 3. The topological polar surface area (TPSA) is 63.6 Å². The summed E-state index contributed by atoms with van der Waals surface area (Å²) in [5.74, 6) is 0. The lowest BCUT2D eigenvalue weighted by Gasteiger charge is -1.95. The van der Waals surface area contributed by atoms with Gasteiger partial charge < -0.3 is 4.74 Å². The van der Waals surface area contributed by atoms with E-state index in [2.05, 4.69) is 0 Å². The molecule has 17 heavy (non-hydrogen) atoms. The molecule has 0 saturated carbocycles. The summed E-state index contributed by atoms with van der Waals surface area (Å²) in [7, 11) is -4.02. The minimum atomic E-state index is -4.02. The van der Waals surface area contributed by atoms with Crippen LogP contribution < -0.4 is 0 Å². The predicted octanol–water partition coefficient (Wildman–Crippen LogP) is 2.46. The van der Waals surface area contributed by atoms with Gasteiger partial charge in [-0.25, -0.2) is 0 Å². The molecule has 0 radical (unpaired) electrons. The molecule has 1 aliphatic rings. The van der Waals surface area contributed by atoms with Crippen LogP contribution in [0.15, 0.2) is 29.2 Å². The van der Waals surface area contributed by atoms with Gasteiger partial charge in [0, 0.05) is 13.2 Å². The first-order valence-electron chi connectivity index (χ1n) is 5.12. The third kappa shape index (κ3) is 6.63. The molecule has 0 spiro atoms. The number of ether oxygens (including phenoxy) is 1. The van der Waals surface area contributed by atoms with E-state index in [0.29, 0.717) is 0 Å². The fraction of sp³-hybridized carbons (Fsp3) is 0.455. The molecule has 2 rings (SSSR count). The van der Waals surface area contributed by atoms with Crippen LogP contribution in [0.25, 0.3) is 0 Å². The summed E-state index contributed by atoms with van der Waals surface area (Å²) in [6.07, 6.45) is 2.56. The van der Waals surface area contributed by atoms with Gasteiger partial charge in [0.1, 0.15) is 0 Å². The van der Waals surface area contributed by atoms with Gasteiger partial charge in [0.2, 0.25) is 0 Å². The molecule has 0 aromatic heterocycles. The van der Waals surface area contributed by atoms with Crippen LogP contribution in [-0.2, 0) is 14.9 Å². The summed E-state index contributed by atoms with van der Waals surface area (Å²) in [4.78, 5) is -0.0666. The minimum absolute atomic E-state index is 0. The van der Waals surface area contributed by atoms with Crippen molar-refractivity contribution in [2.45, 2.75) is 24.7 Å². The highest BCUT2D eigenvalue weighted by Gasteiger charge is 2.06. The maximum atomic E-state index is 10.5. The van der Waals surface area contributed by atoms with E-state index in [1.807, 2.05) is 6.92 Å². The smallest absolute Gasteiger partial charge is 0.294 e. The third-order valence-electron chi connectivity index (χ3n) is 2.15. The highest BCUT2D eigenvalue weighted by atomic mass is 35.5. The van der Waals surface area contributed by atoms with E-state index in [0.717, 1.165) is 18.8 Å². The van der Waals surface area contributed by atoms with Crippen LogP contribution in [0.5, 0.6) is 0 Å². The molecule has 0 atom stereocenters. The molecule has 1 saturated heterocycles. The van der Waals surface area contributed by atoms with Crippen molar-refractivity contribution in [2.24, 2.45) is 0 Å². The molecule has 4 nitrogen and oxygen atoms in total.